The van der Waals surface area contributed by atoms with Crippen LogP contribution in [0.15, 0.2) is 258 Å². The Hall–Kier alpha value is -9.18. The predicted molar refractivity (Wildman–Crippen MR) is 288 cm³/mol. The van der Waals surface area contributed by atoms with Gasteiger partial charge in [-0.2, -0.15) is 0 Å². The highest BCUT2D eigenvalue weighted by atomic mass is 16.3. The van der Waals surface area contributed by atoms with Gasteiger partial charge in [-0.3, -0.25) is 0 Å². The van der Waals surface area contributed by atoms with Crippen LogP contribution < -0.4 is 4.90 Å². The van der Waals surface area contributed by atoms with Crippen LogP contribution in [0.25, 0.3) is 99.5 Å². The van der Waals surface area contributed by atoms with Crippen LogP contribution in [0.5, 0.6) is 0 Å². The standard InChI is InChI=1S/C67H41NO2/c1-2-14-42(15-3-1)43-28-34-46(35-29-43)68(48-38-32-45(33-39-48)50-21-13-27-62-64(50)56-19-7-11-26-61(56)69-62)47-36-30-44(31-37-47)49-20-12-24-59-63(49)55-18-5-9-23-58(55)67(59)57-22-8-4-16-51(57)53-40-41-54-52-17-6-10-25-60(52)70-66(54)65(53)67/h1-41H. The number of hydrogen-bond donors (Lipinski definition) is 0. The molecular formula is C67H41NO2. The van der Waals surface area contributed by atoms with Crippen molar-refractivity contribution in [1.82, 2.24) is 0 Å². The van der Waals surface area contributed by atoms with Crippen molar-refractivity contribution in [2.45, 2.75) is 5.41 Å². The Morgan fingerprint density at radius 3 is 1.51 bits per heavy atom. The van der Waals surface area contributed by atoms with Crippen LogP contribution in [0.4, 0.5) is 17.1 Å². The van der Waals surface area contributed by atoms with Gasteiger partial charge in [0.25, 0.3) is 0 Å². The molecule has 2 aliphatic carbocycles. The smallest absolute Gasteiger partial charge is 0.140 e. The van der Waals surface area contributed by atoms with E-state index in [-0.39, 0.29) is 0 Å². The first-order valence-corrected chi connectivity index (χ1v) is 24.1. The summed E-state index contributed by atoms with van der Waals surface area (Å²) in [6.07, 6.45) is 0. The number of nitrogens with zero attached hydrogens (tertiary/aromatic N) is 1. The van der Waals surface area contributed by atoms with E-state index < -0.39 is 5.41 Å². The van der Waals surface area contributed by atoms with Crippen molar-refractivity contribution in [3.8, 4) is 55.6 Å². The minimum atomic E-state index is -0.563. The Morgan fingerprint density at radius 2 is 0.786 bits per heavy atom. The minimum absolute atomic E-state index is 0.563. The number of benzene rings is 11. The molecule has 1 spiro atoms. The van der Waals surface area contributed by atoms with E-state index in [1.165, 1.54) is 61.2 Å². The number of fused-ring (bicyclic) bond motifs is 17. The molecule has 0 saturated heterocycles. The quantitative estimate of drug-likeness (QED) is 0.167. The maximum atomic E-state index is 6.95. The second-order valence-electron chi connectivity index (χ2n) is 18.7. The molecule has 0 fully saturated rings. The van der Waals surface area contributed by atoms with Crippen molar-refractivity contribution in [1.29, 1.82) is 0 Å². The Bertz CT molecular complexity index is 4220. The van der Waals surface area contributed by atoms with Gasteiger partial charge in [0.1, 0.15) is 22.3 Å². The monoisotopic (exact) mass is 891 g/mol. The molecule has 70 heavy (non-hydrogen) atoms. The Balaban J connectivity index is 0.876. The van der Waals surface area contributed by atoms with Gasteiger partial charge in [0.15, 0.2) is 0 Å². The molecule has 3 nitrogen and oxygen atoms in total. The predicted octanol–water partition coefficient (Wildman–Crippen LogP) is 18.3. The molecule has 0 aliphatic heterocycles. The summed E-state index contributed by atoms with van der Waals surface area (Å²) in [6.45, 7) is 0. The van der Waals surface area contributed by atoms with Crippen LogP contribution in [0, 0.1) is 0 Å². The lowest BCUT2D eigenvalue weighted by Gasteiger charge is -2.30. The lowest BCUT2D eigenvalue weighted by molar-refractivity contribution is 0.652. The normalized spacial score (nSPS) is 14.3. The second kappa shape index (κ2) is 14.9. The van der Waals surface area contributed by atoms with E-state index in [0.29, 0.717) is 0 Å². The topological polar surface area (TPSA) is 29.5 Å². The van der Waals surface area contributed by atoms with E-state index >= 15 is 0 Å². The van der Waals surface area contributed by atoms with E-state index in [1.807, 2.05) is 12.1 Å². The Morgan fingerprint density at radius 1 is 0.286 bits per heavy atom. The van der Waals surface area contributed by atoms with Gasteiger partial charge in [-0.15, -0.1) is 0 Å². The van der Waals surface area contributed by atoms with Crippen molar-refractivity contribution in [3.63, 3.8) is 0 Å². The molecule has 0 radical (unpaired) electrons. The molecule has 1 atom stereocenters. The molecule has 2 aliphatic rings. The van der Waals surface area contributed by atoms with Gasteiger partial charge < -0.3 is 13.7 Å². The van der Waals surface area contributed by atoms with Gasteiger partial charge >= 0.3 is 0 Å². The fraction of sp³-hybridized carbons (Fsp3) is 0.0149. The van der Waals surface area contributed by atoms with Crippen LogP contribution in [-0.4, -0.2) is 0 Å². The second-order valence-corrected chi connectivity index (χ2v) is 18.7. The van der Waals surface area contributed by atoms with E-state index in [0.717, 1.165) is 77.6 Å². The average molecular weight is 892 g/mol. The van der Waals surface area contributed by atoms with Crippen molar-refractivity contribution in [2.24, 2.45) is 0 Å². The Labute approximate surface area is 404 Å². The third-order valence-corrected chi connectivity index (χ3v) is 15.1. The van der Waals surface area contributed by atoms with Crippen LogP contribution in [0.3, 0.4) is 0 Å². The molecule has 1 unspecified atom stereocenters. The fourth-order valence-corrected chi connectivity index (χ4v) is 12.2. The van der Waals surface area contributed by atoms with Crippen molar-refractivity contribution < 1.29 is 8.83 Å². The number of para-hydroxylation sites is 2. The molecule has 0 saturated carbocycles. The maximum absolute atomic E-state index is 6.95. The molecule has 11 aromatic carbocycles. The SMILES string of the molecule is c1ccc(-c2ccc(N(c3ccc(-c4cccc5c4-c4ccccc4C54c5ccccc5-c5ccc6c(oc7ccccc76)c54)cc3)c3ccc(-c4cccc5oc6ccccc6c45)cc3)cc2)cc1. The van der Waals surface area contributed by atoms with Gasteiger partial charge in [-0.1, -0.05) is 188 Å². The fourth-order valence-electron chi connectivity index (χ4n) is 12.2. The van der Waals surface area contributed by atoms with E-state index in [2.05, 4.69) is 241 Å². The van der Waals surface area contributed by atoms with Gasteiger partial charge in [0.05, 0.1) is 5.41 Å². The summed E-state index contributed by atoms with van der Waals surface area (Å²) in [5, 5.41) is 4.56. The first-order chi connectivity index (χ1) is 34.7. The van der Waals surface area contributed by atoms with Crippen LogP contribution in [0.1, 0.15) is 22.3 Å². The highest BCUT2D eigenvalue weighted by Crippen LogP contribution is 2.65. The molecule has 2 aromatic heterocycles. The van der Waals surface area contributed by atoms with E-state index in [1.54, 1.807) is 0 Å². The third-order valence-electron chi connectivity index (χ3n) is 15.1. The highest BCUT2D eigenvalue weighted by Gasteiger charge is 2.53. The van der Waals surface area contributed by atoms with Crippen molar-refractivity contribution in [3.05, 3.63) is 271 Å². The molecule has 0 amide bonds. The molecule has 15 rings (SSSR count). The molecule has 326 valence electrons. The molecule has 2 heterocycles. The zero-order chi connectivity index (χ0) is 45.9. The average Bonchev–Trinajstić information content (AvgIpc) is 4.18. The lowest BCUT2D eigenvalue weighted by atomic mass is 9.70. The molecule has 0 bridgehead atoms. The van der Waals surface area contributed by atoms with Gasteiger partial charge in [-0.05, 0) is 133 Å². The summed E-state index contributed by atoms with van der Waals surface area (Å²) in [5.74, 6) is 0. The van der Waals surface area contributed by atoms with Gasteiger partial charge in [0.2, 0.25) is 0 Å². The van der Waals surface area contributed by atoms with Crippen molar-refractivity contribution >= 4 is 60.9 Å². The van der Waals surface area contributed by atoms with Crippen LogP contribution in [0.2, 0.25) is 0 Å². The van der Waals surface area contributed by atoms with Crippen LogP contribution in [-0.2, 0) is 5.41 Å². The van der Waals surface area contributed by atoms with Gasteiger partial charge in [0, 0.05) is 44.2 Å². The zero-order valence-electron chi connectivity index (χ0n) is 37.9. The first kappa shape index (κ1) is 38.9. The summed E-state index contributed by atoms with van der Waals surface area (Å²) in [4.78, 5) is 2.36. The van der Waals surface area contributed by atoms with Gasteiger partial charge in [-0.25, -0.2) is 0 Å². The molecule has 3 heteroatoms. The number of furan rings is 2. The summed E-state index contributed by atoms with van der Waals surface area (Å²) in [5.41, 5.74) is 23.5. The number of rotatable bonds is 6. The third kappa shape index (κ3) is 5.46. The number of hydrogen-bond acceptors (Lipinski definition) is 3. The zero-order valence-corrected chi connectivity index (χ0v) is 37.9. The summed E-state index contributed by atoms with van der Waals surface area (Å²) < 4.78 is 13.2. The maximum Gasteiger partial charge on any atom is 0.140 e. The van der Waals surface area contributed by atoms with Crippen LogP contribution >= 0.6 is 0 Å². The lowest BCUT2D eigenvalue weighted by Crippen LogP contribution is -2.26. The molecular weight excluding hydrogens is 851 g/mol. The summed E-state index contributed by atoms with van der Waals surface area (Å²) in [7, 11) is 0. The molecule has 13 aromatic rings. The van der Waals surface area contributed by atoms with E-state index in [9.17, 15) is 0 Å². The minimum Gasteiger partial charge on any atom is -0.456 e. The van der Waals surface area contributed by atoms with E-state index in [4.69, 9.17) is 8.83 Å². The first-order valence-electron chi connectivity index (χ1n) is 24.1. The largest absolute Gasteiger partial charge is 0.456 e. The molecule has 0 N–H and O–H groups in total. The number of anilines is 3. The summed E-state index contributed by atoms with van der Waals surface area (Å²) >= 11 is 0. The Kier molecular flexibility index (Phi) is 8.28. The van der Waals surface area contributed by atoms with Crippen molar-refractivity contribution in [2.75, 3.05) is 4.90 Å². The summed E-state index contributed by atoms with van der Waals surface area (Å²) in [6, 6.07) is 90.3. The highest BCUT2D eigenvalue weighted by molar-refractivity contribution is 6.13.